The van der Waals surface area contributed by atoms with Gasteiger partial charge in [0.2, 0.25) is 0 Å². The zero-order chi connectivity index (χ0) is 24.1. The smallest absolute Gasteiger partial charge is 0.412 e. The highest BCUT2D eigenvalue weighted by Crippen LogP contribution is 2.52. The lowest BCUT2D eigenvalue weighted by molar-refractivity contribution is -0.139. The molecule has 6 rings (SSSR count). The molecule has 1 saturated carbocycles. The van der Waals surface area contributed by atoms with Crippen LogP contribution in [0.1, 0.15) is 27.5 Å². The quantitative estimate of drug-likeness (QED) is 0.588. The number of pyridine rings is 1. The summed E-state index contributed by atoms with van der Waals surface area (Å²) in [5.74, 6) is -1.17. The molecule has 1 aromatic heterocycles. The second-order valence-corrected chi connectivity index (χ2v) is 9.26. The molecule has 1 aliphatic heterocycles. The van der Waals surface area contributed by atoms with Gasteiger partial charge in [0, 0.05) is 19.0 Å². The van der Waals surface area contributed by atoms with E-state index >= 15 is 0 Å². The van der Waals surface area contributed by atoms with Crippen molar-refractivity contribution in [1.29, 1.82) is 0 Å². The third kappa shape index (κ3) is 3.71. The van der Waals surface area contributed by atoms with Gasteiger partial charge in [-0.05, 0) is 46.2 Å². The summed E-state index contributed by atoms with van der Waals surface area (Å²) >= 11 is 0. The predicted molar refractivity (Wildman–Crippen MR) is 127 cm³/mol. The fourth-order valence-corrected chi connectivity index (χ4v) is 5.58. The summed E-state index contributed by atoms with van der Waals surface area (Å²) in [6.45, 7) is 1.03. The normalized spacial score (nSPS) is 21.6. The zero-order valence-electron chi connectivity index (χ0n) is 18.8. The summed E-state index contributed by atoms with van der Waals surface area (Å²) in [4.78, 5) is 42.5. The Kier molecular flexibility index (Phi) is 5.02. The number of rotatable bonds is 5. The number of aromatic nitrogens is 1. The van der Waals surface area contributed by atoms with Crippen LogP contribution in [0.25, 0.3) is 11.1 Å². The number of carbonyl (C=O) groups is 3. The van der Waals surface area contributed by atoms with Gasteiger partial charge in [-0.1, -0.05) is 54.6 Å². The topological polar surface area (TPSA) is 109 Å². The molecule has 3 aromatic rings. The van der Waals surface area contributed by atoms with Gasteiger partial charge in [0.1, 0.15) is 18.1 Å². The molecule has 2 aromatic carbocycles. The molecule has 0 radical (unpaired) electrons. The summed E-state index contributed by atoms with van der Waals surface area (Å²) in [6.07, 6.45) is -0.643. The molecule has 0 spiro atoms. The first-order chi connectivity index (χ1) is 17.0. The van der Waals surface area contributed by atoms with Crippen LogP contribution < -0.4 is 5.32 Å². The largest absolute Gasteiger partial charge is 0.481 e. The highest BCUT2D eigenvalue weighted by atomic mass is 16.5. The number of ether oxygens (including phenoxy) is 1. The first kappa shape index (κ1) is 21.3. The molecule has 0 bridgehead atoms. The number of anilines is 1. The fourth-order valence-electron chi connectivity index (χ4n) is 5.58. The average Bonchev–Trinajstić information content (AvgIpc) is 3.22. The lowest BCUT2D eigenvalue weighted by Crippen LogP contribution is -2.33. The van der Waals surface area contributed by atoms with Gasteiger partial charge in [-0.2, -0.15) is 0 Å². The number of hydrogen-bond donors (Lipinski definition) is 2. The van der Waals surface area contributed by atoms with E-state index in [0.717, 1.165) is 22.3 Å². The summed E-state index contributed by atoms with van der Waals surface area (Å²) in [6, 6.07) is 21.1. The molecule has 2 amide bonds. The van der Waals surface area contributed by atoms with E-state index in [1.165, 1.54) is 0 Å². The Morgan fingerprint density at radius 1 is 0.914 bits per heavy atom. The molecule has 2 N–H and O–H groups in total. The third-order valence-electron chi connectivity index (χ3n) is 7.31. The van der Waals surface area contributed by atoms with E-state index in [9.17, 15) is 14.4 Å². The fraction of sp³-hybridized carbons (Fsp3) is 0.259. The van der Waals surface area contributed by atoms with E-state index < -0.39 is 12.1 Å². The second kappa shape index (κ2) is 8.23. The Balaban J connectivity index is 1.09. The molecule has 176 valence electrons. The number of fused-ring (bicyclic) bond motifs is 4. The van der Waals surface area contributed by atoms with Gasteiger partial charge in [-0.25, -0.2) is 9.78 Å². The molecule has 3 aliphatic rings. The van der Waals surface area contributed by atoms with Crippen LogP contribution in [0.3, 0.4) is 0 Å². The van der Waals surface area contributed by atoms with Crippen LogP contribution in [0.2, 0.25) is 0 Å². The molecule has 2 heterocycles. The number of carboxylic acid groups (broad SMARTS) is 1. The van der Waals surface area contributed by atoms with E-state index in [0.29, 0.717) is 13.1 Å². The second-order valence-electron chi connectivity index (χ2n) is 9.26. The molecule has 35 heavy (non-hydrogen) atoms. The van der Waals surface area contributed by atoms with E-state index in [4.69, 9.17) is 9.84 Å². The van der Waals surface area contributed by atoms with Gasteiger partial charge in [-0.3, -0.25) is 14.9 Å². The molecule has 2 atom stereocenters. The molecule has 2 unspecified atom stereocenters. The highest BCUT2D eigenvalue weighted by molar-refractivity contribution is 5.94. The maximum atomic E-state index is 12.8. The number of nitrogens with one attached hydrogen (secondary N) is 1. The van der Waals surface area contributed by atoms with E-state index in [1.807, 2.05) is 24.3 Å². The summed E-state index contributed by atoms with van der Waals surface area (Å²) in [5, 5.41) is 11.8. The Hall–Kier alpha value is -4.20. The van der Waals surface area contributed by atoms with Gasteiger partial charge in [-0.15, -0.1) is 0 Å². The Labute approximate surface area is 201 Å². The number of benzene rings is 2. The molecule has 2 fully saturated rings. The maximum absolute atomic E-state index is 12.8. The van der Waals surface area contributed by atoms with Crippen LogP contribution in [0, 0.1) is 17.8 Å². The van der Waals surface area contributed by atoms with Crippen LogP contribution in [-0.4, -0.2) is 52.7 Å². The van der Waals surface area contributed by atoms with Gasteiger partial charge in [0.25, 0.3) is 5.91 Å². The van der Waals surface area contributed by atoms with Crippen molar-refractivity contribution in [2.45, 2.75) is 5.92 Å². The van der Waals surface area contributed by atoms with Crippen molar-refractivity contribution in [3.05, 3.63) is 83.6 Å². The average molecular weight is 469 g/mol. The predicted octanol–water partition coefficient (Wildman–Crippen LogP) is 3.85. The molecular formula is C27H23N3O5. The van der Waals surface area contributed by atoms with Crippen LogP contribution in [0.4, 0.5) is 10.6 Å². The number of piperidine rings is 1. The minimum absolute atomic E-state index is 0.0265. The first-order valence-corrected chi connectivity index (χ1v) is 11.6. The number of carboxylic acids is 1. The van der Waals surface area contributed by atoms with Crippen molar-refractivity contribution in [2.24, 2.45) is 17.8 Å². The summed E-state index contributed by atoms with van der Waals surface area (Å²) in [5.41, 5.74) is 4.76. The van der Waals surface area contributed by atoms with Gasteiger partial charge < -0.3 is 14.7 Å². The Morgan fingerprint density at radius 3 is 2.17 bits per heavy atom. The Bertz CT molecular complexity index is 1300. The summed E-state index contributed by atoms with van der Waals surface area (Å²) < 4.78 is 5.56. The van der Waals surface area contributed by atoms with Gasteiger partial charge >= 0.3 is 12.1 Å². The third-order valence-corrected chi connectivity index (χ3v) is 7.31. The molecular weight excluding hydrogens is 446 g/mol. The molecule has 2 aliphatic carbocycles. The summed E-state index contributed by atoms with van der Waals surface area (Å²) in [7, 11) is 0. The molecule has 1 saturated heterocycles. The standard InChI is InChI=1S/C27H23N3O5/c31-25(30-12-19-20(13-30)24(19)26(32)33)22-10-5-11-23(28-22)29-27(34)35-14-21-17-8-3-1-6-15(17)16-7-2-4-9-18(16)21/h1-11,19-21,24H,12-14H2,(H,32,33)(H,28,29,34). The lowest BCUT2D eigenvalue weighted by Gasteiger charge is -2.19. The number of nitrogens with zero attached hydrogens (tertiary/aromatic N) is 2. The number of hydrogen-bond acceptors (Lipinski definition) is 5. The maximum Gasteiger partial charge on any atom is 0.412 e. The van der Waals surface area contributed by atoms with Crippen LogP contribution in [0.5, 0.6) is 0 Å². The number of aliphatic carboxylic acids is 1. The van der Waals surface area contributed by atoms with Crippen molar-refractivity contribution in [3.8, 4) is 11.1 Å². The molecule has 8 nitrogen and oxygen atoms in total. The van der Waals surface area contributed by atoms with Crippen LogP contribution in [0.15, 0.2) is 66.7 Å². The number of carbonyl (C=O) groups excluding carboxylic acids is 2. The minimum Gasteiger partial charge on any atom is -0.481 e. The van der Waals surface area contributed by atoms with E-state index in [2.05, 4.69) is 34.6 Å². The van der Waals surface area contributed by atoms with Crippen molar-refractivity contribution in [3.63, 3.8) is 0 Å². The van der Waals surface area contributed by atoms with Crippen LogP contribution >= 0.6 is 0 Å². The van der Waals surface area contributed by atoms with Crippen molar-refractivity contribution in [2.75, 3.05) is 25.0 Å². The minimum atomic E-state index is -0.792. The number of amides is 2. The zero-order valence-corrected chi connectivity index (χ0v) is 18.8. The van der Waals surface area contributed by atoms with Gasteiger partial charge in [0.15, 0.2) is 0 Å². The van der Waals surface area contributed by atoms with Crippen molar-refractivity contribution < 1.29 is 24.2 Å². The Morgan fingerprint density at radius 2 is 1.54 bits per heavy atom. The number of likely N-dealkylation sites (tertiary alicyclic amines) is 1. The SMILES string of the molecule is O=C(Nc1cccc(C(=O)N2CC3C(C2)C3C(=O)O)n1)OCC1c2ccccc2-c2ccccc21. The molecule has 8 heteroatoms. The van der Waals surface area contributed by atoms with E-state index in [-0.39, 0.29) is 47.7 Å². The lowest BCUT2D eigenvalue weighted by atomic mass is 9.98. The van der Waals surface area contributed by atoms with Crippen molar-refractivity contribution in [1.82, 2.24) is 9.88 Å². The highest BCUT2D eigenvalue weighted by Gasteiger charge is 2.60. The van der Waals surface area contributed by atoms with Crippen LogP contribution in [-0.2, 0) is 9.53 Å². The van der Waals surface area contributed by atoms with E-state index in [1.54, 1.807) is 23.1 Å². The van der Waals surface area contributed by atoms with Gasteiger partial charge in [0.05, 0.1) is 5.92 Å². The monoisotopic (exact) mass is 469 g/mol. The first-order valence-electron chi connectivity index (χ1n) is 11.6. The van der Waals surface area contributed by atoms with Crippen molar-refractivity contribution >= 4 is 23.8 Å².